The molecule has 2 aliphatic rings. The van der Waals surface area contributed by atoms with Gasteiger partial charge in [0.15, 0.2) is 5.78 Å². The van der Waals surface area contributed by atoms with E-state index < -0.39 is 0 Å². The first-order chi connectivity index (χ1) is 13.9. The number of benzene rings is 2. The topological polar surface area (TPSA) is 26.8 Å². The van der Waals surface area contributed by atoms with Crippen molar-refractivity contribution < 1.29 is 9.18 Å². The maximum Gasteiger partial charge on any atom is 0.171 e. The van der Waals surface area contributed by atoms with Crippen molar-refractivity contribution in [3.8, 4) is 0 Å². The molecule has 0 spiro atoms. The molecule has 0 amide bonds. The molecule has 5 heteroatoms. The average molecular weight is 394 g/mol. The van der Waals surface area contributed by atoms with Crippen LogP contribution in [0.15, 0.2) is 60.3 Å². The highest BCUT2D eigenvalue weighted by Crippen LogP contribution is 2.46. The van der Waals surface area contributed by atoms with Crippen molar-refractivity contribution in [2.45, 2.75) is 19.3 Å². The lowest BCUT2D eigenvalue weighted by Crippen LogP contribution is -2.47. The second-order valence-electron chi connectivity index (χ2n) is 8.44. The van der Waals surface area contributed by atoms with E-state index in [4.69, 9.17) is 0 Å². The molecule has 0 saturated carbocycles. The fourth-order valence-electron chi connectivity index (χ4n) is 4.49. The summed E-state index contributed by atoms with van der Waals surface area (Å²) in [6.45, 7) is 8.11. The van der Waals surface area contributed by atoms with Gasteiger partial charge in [-0.05, 0) is 35.9 Å². The molecule has 1 saturated heterocycles. The van der Waals surface area contributed by atoms with Gasteiger partial charge in [-0.3, -0.25) is 9.69 Å². The molecule has 29 heavy (non-hydrogen) atoms. The summed E-state index contributed by atoms with van der Waals surface area (Å²) in [5.41, 5.74) is 4.33. The highest BCUT2D eigenvalue weighted by Gasteiger charge is 2.38. The molecule has 0 bridgehead atoms. The van der Waals surface area contributed by atoms with E-state index >= 15 is 0 Å². The summed E-state index contributed by atoms with van der Waals surface area (Å²) in [5, 5.41) is 0. The summed E-state index contributed by atoms with van der Waals surface area (Å²) in [6.07, 6.45) is 1.83. The van der Waals surface area contributed by atoms with Crippen LogP contribution in [0, 0.1) is 5.82 Å². The van der Waals surface area contributed by atoms with Crippen molar-refractivity contribution >= 4 is 17.2 Å². The monoisotopic (exact) mass is 393 g/mol. The molecule has 152 valence electrons. The van der Waals surface area contributed by atoms with Gasteiger partial charge in [0, 0.05) is 61.8 Å². The molecule has 0 aromatic heterocycles. The molecule has 2 aromatic carbocycles. The van der Waals surface area contributed by atoms with Gasteiger partial charge in [-0.15, -0.1) is 0 Å². The second-order valence-corrected chi connectivity index (χ2v) is 8.44. The van der Waals surface area contributed by atoms with Crippen molar-refractivity contribution in [1.82, 2.24) is 4.90 Å². The number of hydrogen-bond donors (Lipinski definition) is 0. The van der Waals surface area contributed by atoms with Gasteiger partial charge >= 0.3 is 0 Å². The Morgan fingerprint density at radius 1 is 1.03 bits per heavy atom. The Labute approximate surface area is 172 Å². The normalized spacial score (nSPS) is 20.2. The third-order valence-electron chi connectivity index (χ3n) is 6.18. The van der Waals surface area contributed by atoms with E-state index in [1.54, 1.807) is 0 Å². The maximum atomic E-state index is 13.1. The van der Waals surface area contributed by atoms with Crippen LogP contribution < -0.4 is 9.80 Å². The predicted molar refractivity (Wildman–Crippen MR) is 116 cm³/mol. The van der Waals surface area contributed by atoms with Gasteiger partial charge in [0.2, 0.25) is 0 Å². The van der Waals surface area contributed by atoms with Crippen molar-refractivity contribution in [1.29, 1.82) is 0 Å². The van der Waals surface area contributed by atoms with Crippen LogP contribution in [-0.2, 0) is 10.2 Å². The van der Waals surface area contributed by atoms with Crippen LogP contribution in [0.3, 0.4) is 0 Å². The summed E-state index contributed by atoms with van der Waals surface area (Å²) in [4.78, 5) is 19.4. The lowest BCUT2D eigenvalue weighted by atomic mass is 9.83. The Morgan fingerprint density at radius 3 is 2.34 bits per heavy atom. The van der Waals surface area contributed by atoms with Gasteiger partial charge in [0.05, 0.1) is 6.54 Å². The highest BCUT2D eigenvalue weighted by atomic mass is 19.1. The molecular weight excluding hydrogens is 365 g/mol. The maximum absolute atomic E-state index is 13.1. The Balaban J connectivity index is 1.39. The van der Waals surface area contributed by atoms with E-state index in [0.29, 0.717) is 6.54 Å². The molecule has 1 fully saturated rings. The first-order valence-electron chi connectivity index (χ1n) is 10.2. The summed E-state index contributed by atoms with van der Waals surface area (Å²) >= 11 is 0. The predicted octanol–water partition coefficient (Wildman–Crippen LogP) is 3.83. The molecule has 0 aliphatic carbocycles. The van der Waals surface area contributed by atoms with Crippen LogP contribution in [0.5, 0.6) is 0 Å². The summed E-state index contributed by atoms with van der Waals surface area (Å²) in [6, 6.07) is 15.0. The number of hydrogen-bond acceptors (Lipinski definition) is 4. The third kappa shape index (κ3) is 3.79. The molecule has 0 unspecified atom stereocenters. The standard InChI is InChI=1S/C24H28FN3O/c1-24(2)21-6-4-5-7-22(21)26(3)23(24)16-20(29)17-27-12-14-28(15-13-27)19-10-8-18(25)9-11-19/h4-11,16H,12-15,17H2,1-3H3/b23-16-. The van der Waals surface area contributed by atoms with Crippen LogP contribution in [0.4, 0.5) is 15.8 Å². The quantitative estimate of drug-likeness (QED) is 0.738. The van der Waals surface area contributed by atoms with Gasteiger partial charge in [-0.2, -0.15) is 0 Å². The average Bonchev–Trinajstić information content (AvgIpc) is 2.90. The smallest absolute Gasteiger partial charge is 0.171 e. The number of carbonyl (C=O) groups excluding carboxylic acids is 1. The van der Waals surface area contributed by atoms with Gasteiger partial charge in [-0.25, -0.2) is 4.39 Å². The SMILES string of the molecule is CN1/C(=C\C(=O)CN2CCN(c3ccc(F)cc3)CC2)C(C)(C)c2ccccc21. The fraction of sp³-hybridized carbons (Fsp3) is 0.375. The van der Waals surface area contributed by atoms with Crippen molar-refractivity contribution in [3.63, 3.8) is 0 Å². The second kappa shape index (κ2) is 7.64. The van der Waals surface area contributed by atoms with E-state index in [1.807, 2.05) is 31.3 Å². The minimum atomic E-state index is -0.215. The van der Waals surface area contributed by atoms with E-state index in [-0.39, 0.29) is 17.0 Å². The van der Waals surface area contributed by atoms with Gasteiger partial charge in [0.1, 0.15) is 5.82 Å². The zero-order valence-corrected chi connectivity index (χ0v) is 17.4. The molecule has 2 aromatic rings. The number of rotatable bonds is 4. The fourth-order valence-corrected chi connectivity index (χ4v) is 4.49. The molecule has 0 N–H and O–H groups in total. The van der Waals surface area contributed by atoms with Gasteiger partial charge in [0.25, 0.3) is 0 Å². The Bertz CT molecular complexity index is 927. The summed E-state index contributed by atoms with van der Waals surface area (Å²) < 4.78 is 13.1. The number of para-hydroxylation sites is 1. The number of nitrogens with zero attached hydrogens (tertiary/aromatic N) is 3. The van der Waals surface area contributed by atoms with Gasteiger partial charge in [-0.1, -0.05) is 32.0 Å². The molecule has 2 aliphatic heterocycles. The van der Waals surface area contributed by atoms with Crippen molar-refractivity contribution in [2.75, 3.05) is 49.6 Å². The summed E-state index contributed by atoms with van der Waals surface area (Å²) in [7, 11) is 2.04. The lowest BCUT2D eigenvalue weighted by Gasteiger charge is -2.35. The molecule has 4 nitrogen and oxygen atoms in total. The van der Waals surface area contributed by atoms with Crippen molar-refractivity contribution in [3.05, 3.63) is 71.7 Å². The first kappa shape index (κ1) is 19.6. The zero-order valence-electron chi connectivity index (χ0n) is 17.4. The molecule has 2 heterocycles. The number of anilines is 2. The lowest BCUT2D eigenvalue weighted by molar-refractivity contribution is -0.115. The molecule has 0 atom stereocenters. The number of fused-ring (bicyclic) bond motifs is 1. The number of halogens is 1. The van der Waals surface area contributed by atoms with Crippen LogP contribution in [0.2, 0.25) is 0 Å². The Kier molecular flexibility index (Phi) is 5.17. The minimum Gasteiger partial charge on any atom is -0.369 e. The number of allylic oxidation sites excluding steroid dienone is 1. The van der Waals surface area contributed by atoms with Crippen molar-refractivity contribution in [2.24, 2.45) is 0 Å². The highest BCUT2D eigenvalue weighted by molar-refractivity contribution is 5.94. The number of ketones is 1. The van der Waals surface area contributed by atoms with Gasteiger partial charge < -0.3 is 9.80 Å². The Morgan fingerprint density at radius 2 is 1.69 bits per heavy atom. The van der Waals surface area contributed by atoms with E-state index in [0.717, 1.165) is 37.6 Å². The van der Waals surface area contributed by atoms with Crippen LogP contribution >= 0.6 is 0 Å². The Hall–Kier alpha value is -2.66. The number of piperazine rings is 1. The van der Waals surface area contributed by atoms with E-state index in [9.17, 15) is 9.18 Å². The minimum absolute atomic E-state index is 0.142. The third-order valence-corrected chi connectivity index (χ3v) is 6.18. The number of carbonyl (C=O) groups is 1. The van der Waals surface area contributed by atoms with Crippen LogP contribution in [0.25, 0.3) is 0 Å². The molecule has 0 radical (unpaired) electrons. The van der Waals surface area contributed by atoms with E-state index in [1.165, 1.54) is 23.4 Å². The molecule has 4 rings (SSSR count). The largest absolute Gasteiger partial charge is 0.369 e. The summed E-state index contributed by atoms with van der Waals surface area (Å²) in [5.74, 6) is -0.0732. The van der Waals surface area contributed by atoms with E-state index in [2.05, 4.69) is 46.7 Å². The first-order valence-corrected chi connectivity index (χ1v) is 10.2. The molecular formula is C24H28FN3O. The number of likely N-dealkylation sites (N-methyl/N-ethyl adjacent to an activating group) is 1. The van der Waals surface area contributed by atoms with Crippen LogP contribution in [-0.4, -0.2) is 50.5 Å². The zero-order chi connectivity index (χ0) is 20.6. The van der Waals surface area contributed by atoms with Crippen LogP contribution in [0.1, 0.15) is 19.4 Å².